The van der Waals surface area contributed by atoms with Crippen molar-refractivity contribution in [3.8, 4) is 11.5 Å². The zero-order valence-corrected chi connectivity index (χ0v) is 18.0. The van der Waals surface area contributed by atoms with Crippen molar-refractivity contribution in [1.29, 1.82) is 0 Å². The number of hydrogen-bond donors (Lipinski definition) is 0. The summed E-state index contributed by atoms with van der Waals surface area (Å²) in [5, 5.41) is 0. The Kier molecular flexibility index (Phi) is 6.15. The summed E-state index contributed by atoms with van der Waals surface area (Å²) in [6.45, 7) is 0. The first kappa shape index (κ1) is 24.9. The molecule has 2 aliphatic heterocycles. The second-order valence-electron chi connectivity index (χ2n) is 6.91. The largest absolute Gasteiger partial charge is 0.496 e. The monoisotopic (exact) mass is 514 g/mol. The molecule has 3 rings (SSSR count). The minimum atomic E-state index is -5.36. The zero-order chi connectivity index (χ0) is 24.3. The fraction of sp³-hybridized carbons (Fsp3) is 0.625. The van der Waals surface area contributed by atoms with Crippen LogP contribution < -0.4 is 9.47 Å². The Labute approximate surface area is 178 Å². The van der Waals surface area contributed by atoms with Gasteiger partial charge in [-0.3, -0.25) is 8.37 Å². The molecule has 0 bridgehead atoms. The Morgan fingerprint density at radius 2 is 1.03 bits per heavy atom. The first-order chi connectivity index (χ1) is 14.5. The van der Waals surface area contributed by atoms with Crippen LogP contribution in [0.5, 0.6) is 11.5 Å². The quantitative estimate of drug-likeness (QED) is 0.445. The van der Waals surface area contributed by atoms with E-state index < -0.39 is 103 Å². The summed E-state index contributed by atoms with van der Waals surface area (Å²) >= 11 is 0. The maximum Gasteiger partial charge on any atom is 0.420 e. The van der Waals surface area contributed by atoms with Gasteiger partial charge in [0.2, 0.25) is 0 Å². The maximum atomic E-state index is 14.1. The highest BCUT2D eigenvalue weighted by Crippen LogP contribution is 2.57. The van der Waals surface area contributed by atoms with Gasteiger partial charge >= 0.3 is 12.4 Å². The smallest absolute Gasteiger partial charge is 0.420 e. The van der Waals surface area contributed by atoms with Crippen LogP contribution in [0.1, 0.15) is 47.3 Å². The van der Waals surface area contributed by atoms with E-state index in [4.69, 9.17) is 9.47 Å². The molecule has 0 saturated carbocycles. The van der Waals surface area contributed by atoms with Crippen LogP contribution in [0.25, 0.3) is 0 Å². The summed E-state index contributed by atoms with van der Waals surface area (Å²) in [6, 6.07) is 0. The lowest BCUT2D eigenvalue weighted by Gasteiger charge is -2.29. The third-order valence-corrected chi connectivity index (χ3v) is 7.41. The number of halogens is 6. The van der Waals surface area contributed by atoms with Crippen molar-refractivity contribution in [2.45, 2.75) is 37.4 Å². The number of benzene rings is 1. The van der Waals surface area contributed by atoms with Crippen molar-refractivity contribution < 1.29 is 61.0 Å². The predicted octanol–water partition coefficient (Wildman–Crippen LogP) is 3.32. The van der Waals surface area contributed by atoms with Gasteiger partial charge in [0, 0.05) is 11.1 Å². The molecule has 0 amide bonds. The van der Waals surface area contributed by atoms with Crippen LogP contribution in [0.2, 0.25) is 0 Å². The molecule has 16 heteroatoms. The molecule has 0 spiro atoms. The lowest BCUT2D eigenvalue weighted by Crippen LogP contribution is -2.23. The number of alkyl halides is 6. The third-order valence-electron chi connectivity index (χ3n) is 4.89. The van der Waals surface area contributed by atoms with Gasteiger partial charge in [0.15, 0.2) is 0 Å². The molecule has 2 atom stereocenters. The highest BCUT2D eigenvalue weighted by molar-refractivity contribution is 7.87. The average Bonchev–Trinajstić information content (AvgIpc) is 3.18. The molecule has 2 unspecified atom stereocenters. The van der Waals surface area contributed by atoms with Crippen molar-refractivity contribution in [3.05, 3.63) is 22.3 Å². The van der Waals surface area contributed by atoms with Crippen LogP contribution in [-0.2, 0) is 41.0 Å². The standard InChI is InChI=1S/C16H16F6O8S2/c1-27-13-9(7-3-5-31(23,24)29-7)12(16(20,21)22)14(28-2)10(11(13)15(17,18)19)8-4-6-32(25,26)30-8/h7-8H,3-6H2,1-2H3. The molecule has 2 aliphatic rings. The molecule has 0 radical (unpaired) electrons. The van der Waals surface area contributed by atoms with Gasteiger partial charge in [0.05, 0.1) is 25.7 Å². The van der Waals surface area contributed by atoms with Crippen LogP contribution in [0.3, 0.4) is 0 Å². The summed E-state index contributed by atoms with van der Waals surface area (Å²) < 4.78 is 150. The second kappa shape index (κ2) is 7.92. The Morgan fingerprint density at radius 1 is 0.719 bits per heavy atom. The molecule has 0 aromatic heterocycles. The number of hydrogen-bond acceptors (Lipinski definition) is 8. The van der Waals surface area contributed by atoms with Crippen molar-refractivity contribution >= 4 is 20.2 Å². The lowest BCUT2D eigenvalue weighted by atomic mass is 9.87. The molecule has 1 aromatic rings. The van der Waals surface area contributed by atoms with Crippen molar-refractivity contribution in [3.63, 3.8) is 0 Å². The first-order valence-corrected chi connectivity index (χ1v) is 12.0. The summed E-state index contributed by atoms with van der Waals surface area (Å²) in [5.41, 5.74) is -5.96. The second-order valence-corrected chi connectivity index (χ2v) is 10.3. The highest BCUT2D eigenvalue weighted by Gasteiger charge is 2.52. The van der Waals surface area contributed by atoms with E-state index in [-0.39, 0.29) is 0 Å². The van der Waals surface area contributed by atoms with Gasteiger partial charge in [-0.1, -0.05) is 0 Å². The number of methoxy groups -OCH3 is 2. The molecular weight excluding hydrogens is 498 g/mol. The fourth-order valence-electron chi connectivity index (χ4n) is 3.78. The van der Waals surface area contributed by atoms with E-state index in [1.165, 1.54) is 0 Å². The molecule has 182 valence electrons. The van der Waals surface area contributed by atoms with Crippen LogP contribution in [0.4, 0.5) is 26.3 Å². The molecule has 0 N–H and O–H groups in total. The summed E-state index contributed by atoms with van der Waals surface area (Å²) in [4.78, 5) is 0. The third kappa shape index (κ3) is 4.49. The number of ether oxygens (including phenoxy) is 2. The minimum Gasteiger partial charge on any atom is -0.496 e. The minimum absolute atomic E-state index is 0.574. The van der Waals surface area contributed by atoms with Gasteiger partial charge in [-0.2, -0.15) is 43.2 Å². The van der Waals surface area contributed by atoms with Crippen molar-refractivity contribution in [1.82, 2.24) is 0 Å². The highest BCUT2D eigenvalue weighted by atomic mass is 32.2. The van der Waals surface area contributed by atoms with E-state index in [1.54, 1.807) is 0 Å². The molecule has 0 aliphatic carbocycles. The fourth-order valence-corrected chi connectivity index (χ4v) is 6.07. The van der Waals surface area contributed by atoms with Gasteiger partial charge < -0.3 is 9.47 Å². The SMILES string of the molecule is COc1c(C2CCS(=O)(=O)O2)c(C(F)(F)F)c(OC)c(C2CCS(=O)(=O)O2)c1C(F)(F)F. The topological polar surface area (TPSA) is 105 Å². The van der Waals surface area contributed by atoms with E-state index in [0.717, 1.165) is 0 Å². The normalized spacial score (nSPS) is 25.1. The summed E-state index contributed by atoms with van der Waals surface area (Å²) in [6.07, 6.45) is -15.8. The molecule has 2 saturated heterocycles. The molecule has 1 aromatic carbocycles. The molecule has 8 nitrogen and oxygen atoms in total. The summed E-state index contributed by atoms with van der Waals surface area (Å²) in [5.74, 6) is -4.16. The van der Waals surface area contributed by atoms with Crippen LogP contribution in [-0.4, -0.2) is 42.6 Å². The van der Waals surface area contributed by atoms with Gasteiger partial charge in [0.25, 0.3) is 20.2 Å². The Balaban J connectivity index is 2.49. The van der Waals surface area contributed by atoms with E-state index in [1.807, 2.05) is 0 Å². The lowest BCUT2D eigenvalue weighted by molar-refractivity contribution is -0.145. The van der Waals surface area contributed by atoms with Gasteiger partial charge in [-0.05, 0) is 12.8 Å². The summed E-state index contributed by atoms with van der Waals surface area (Å²) in [7, 11) is -7.24. The average molecular weight is 514 g/mol. The van der Waals surface area contributed by atoms with Crippen LogP contribution >= 0.6 is 0 Å². The maximum absolute atomic E-state index is 14.1. The number of rotatable bonds is 4. The predicted molar refractivity (Wildman–Crippen MR) is 94.0 cm³/mol. The van der Waals surface area contributed by atoms with Crippen molar-refractivity contribution in [2.24, 2.45) is 0 Å². The van der Waals surface area contributed by atoms with Gasteiger partial charge in [-0.25, -0.2) is 0 Å². The Morgan fingerprint density at radius 3 is 1.22 bits per heavy atom. The molecule has 32 heavy (non-hydrogen) atoms. The van der Waals surface area contributed by atoms with E-state index in [9.17, 15) is 43.2 Å². The van der Waals surface area contributed by atoms with Gasteiger partial charge in [0.1, 0.15) is 34.8 Å². The van der Waals surface area contributed by atoms with E-state index in [2.05, 4.69) is 8.37 Å². The van der Waals surface area contributed by atoms with E-state index in [0.29, 0.717) is 14.2 Å². The van der Waals surface area contributed by atoms with Gasteiger partial charge in [-0.15, -0.1) is 0 Å². The Bertz CT molecular complexity index is 1040. The first-order valence-electron chi connectivity index (χ1n) is 8.80. The van der Waals surface area contributed by atoms with Crippen LogP contribution in [0, 0.1) is 0 Å². The van der Waals surface area contributed by atoms with E-state index >= 15 is 0 Å². The molecule has 2 fully saturated rings. The van der Waals surface area contributed by atoms with Crippen molar-refractivity contribution in [2.75, 3.05) is 25.7 Å². The molecule has 2 heterocycles. The Hall–Kier alpha value is -1.78. The zero-order valence-electron chi connectivity index (χ0n) is 16.3. The molecular formula is C16H16F6O8S2. The van der Waals surface area contributed by atoms with Crippen LogP contribution in [0.15, 0.2) is 0 Å².